The van der Waals surface area contributed by atoms with Crippen LogP contribution in [0.2, 0.25) is 0 Å². The summed E-state index contributed by atoms with van der Waals surface area (Å²) >= 11 is 0. The van der Waals surface area contributed by atoms with Crippen LogP contribution in [0.4, 0.5) is 5.82 Å². The minimum atomic E-state index is 0.346. The van der Waals surface area contributed by atoms with Crippen LogP contribution in [0.25, 0.3) is 0 Å². The summed E-state index contributed by atoms with van der Waals surface area (Å²) in [7, 11) is 3.99. The van der Waals surface area contributed by atoms with Gasteiger partial charge in [0.05, 0.1) is 6.20 Å². The summed E-state index contributed by atoms with van der Waals surface area (Å²) < 4.78 is 1.82. The third-order valence-corrected chi connectivity index (χ3v) is 3.54. The van der Waals surface area contributed by atoms with E-state index in [1.807, 2.05) is 30.3 Å². The molecule has 0 aliphatic carbocycles. The van der Waals surface area contributed by atoms with Gasteiger partial charge in [0.2, 0.25) is 0 Å². The highest BCUT2D eigenvalue weighted by molar-refractivity contribution is 5.41. The van der Waals surface area contributed by atoms with Crippen molar-refractivity contribution in [2.45, 2.75) is 32.9 Å². The van der Waals surface area contributed by atoms with Crippen LogP contribution < -0.4 is 10.2 Å². The van der Waals surface area contributed by atoms with Gasteiger partial charge in [0.15, 0.2) is 0 Å². The first-order chi connectivity index (χ1) is 10.1. The fraction of sp³-hybridized carbons (Fsp3) is 0.500. The molecule has 0 fully saturated rings. The first kappa shape index (κ1) is 15.5. The Kier molecular flexibility index (Phi) is 5.33. The van der Waals surface area contributed by atoms with Crippen molar-refractivity contribution in [3.8, 4) is 0 Å². The third-order valence-electron chi connectivity index (χ3n) is 3.54. The van der Waals surface area contributed by atoms with Crippen molar-refractivity contribution < 1.29 is 0 Å². The summed E-state index contributed by atoms with van der Waals surface area (Å²) in [5.74, 6) is 0.988. The highest BCUT2D eigenvalue weighted by atomic mass is 15.2. The normalized spacial score (nSPS) is 12.4. The Hall–Kier alpha value is -1.88. The molecule has 0 aliphatic rings. The lowest BCUT2D eigenvalue weighted by molar-refractivity contribution is 0.570. The number of aryl methyl sites for hydroxylation is 1. The minimum Gasteiger partial charge on any atom is -0.355 e. The molecule has 0 aromatic carbocycles. The average molecular weight is 287 g/mol. The summed E-state index contributed by atoms with van der Waals surface area (Å²) in [4.78, 5) is 6.62. The van der Waals surface area contributed by atoms with Gasteiger partial charge in [0, 0.05) is 44.6 Å². The van der Waals surface area contributed by atoms with Crippen molar-refractivity contribution >= 4 is 5.82 Å². The molecule has 1 unspecified atom stereocenters. The van der Waals surface area contributed by atoms with Crippen molar-refractivity contribution in [1.29, 1.82) is 0 Å². The van der Waals surface area contributed by atoms with Crippen LogP contribution in [-0.2, 0) is 13.6 Å². The van der Waals surface area contributed by atoms with Crippen LogP contribution in [0.15, 0.2) is 30.7 Å². The monoisotopic (exact) mass is 287 g/mol. The van der Waals surface area contributed by atoms with E-state index in [4.69, 9.17) is 0 Å². The molecule has 2 aromatic rings. The van der Waals surface area contributed by atoms with Crippen molar-refractivity contribution in [2.75, 3.05) is 18.5 Å². The molecule has 0 radical (unpaired) electrons. The Bertz CT molecular complexity index is 563. The number of anilines is 1. The first-order valence-electron chi connectivity index (χ1n) is 7.48. The van der Waals surface area contributed by atoms with E-state index >= 15 is 0 Å². The number of rotatable bonds is 7. The van der Waals surface area contributed by atoms with Gasteiger partial charge in [-0.25, -0.2) is 4.98 Å². The van der Waals surface area contributed by atoms with Crippen molar-refractivity contribution in [1.82, 2.24) is 20.1 Å². The van der Waals surface area contributed by atoms with E-state index in [1.165, 1.54) is 11.1 Å². The number of nitrogens with zero attached hydrogens (tertiary/aromatic N) is 4. The molecule has 2 rings (SSSR count). The van der Waals surface area contributed by atoms with Crippen LogP contribution in [0.1, 0.15) is 37.4 Å². The number of nitrogens with one attached hydrogen (secondary N) is 1. The Morgan fingerprint density at radius 1 is 1.43 bits per heavy atom. The van der Waals surface area contributed by atoms with Gasteiger partial charge in [0.25, 0.3) is 0 Å². The molecule has 1 N–H and O–H groups in total. The third kappa shape index (κ3) is 4.29. The maximum atomic E-state index is 4.48. The van der Waals surface area contributed by atoms with E-state index in [9.17, 15) is 0 Å². The van der Waals surface area contributed by atoms with Crippen LogP contribution >= 0.6 is 0 Å². The molecule has 5 heteroatoms. The van der Waals surface area contributed by atoms with E-state index in [0.29, 0.717) is 6.04 Å². The van der Waals surface area contributed by atoms with Gasteiger partial charge in [-0.2, -0.15) is 5.10 Å². The molecule has 0 spiro atoms. The quantitative estimate of drug-likeness (QED) is 0.850. The summed E-state index contributed by atoms with van der Waals surface area (Å²) in [6.45, 7) is 6.21. The largest absolute Gasteiger partial charge is 0.355 e. The second-order valence-electron chi connectivity index (χ2n) is 5.50. The molecule has 2 heterocycles. The van der Waals surface area contributed by atoms with Crippen molar-refractivity contribution in [3.05, 3.63) is 41.9 Å². The van der Waals surface area contributed by atoms with Gasteiger partial charge in [-0.05, 0) is 37.6 Å². The molecule has 2 aromatic heterocycles. The highest BCUT2D eigenvalue weighted by Gasteiger charge is 2.09. The van der Waals surface area contributed by atoms with Crippen LogP contribution in [0, 0.1) is 0 Å². The van der Waals surface area contributed by atoms with Crippen molar-refractivity contribution in [2.24, 2.45) is 7.05 Å². The van der Waals surface area contributed by atoms with Crippen LogP contribution in [0.3, 0.4) is 0 Å². The van der Waals surface area contributed by atoms with Gasteiger partial charge in [-0.15, -0.1) is 0 Å². The lowest BCUT2D eigenvalue weighted by Gasteiger charge is -2.20. The van der Waals surface area contributed by atoms with E-state index < -0.39 is 0 Å². The Morgan fingerprint density at radius 3 is 2.90 bits per heavy atom. The predicted octanol–water partition coefficient (Wildman–Crippen LogP) is 2.51. The summed E-state index contributed by atoms with van der Waals surface area (Å²) in [6, 6.07) is 4.58. The fourth-order valence-corrected chi connectivity index (χ4v) is 2.30. The van der Waals surface area contributed by atoms with E-state index in [2.05, 4.69) is 53.3 Å². The summed E-state index contributed by atoms with van der Waals surface area (Å²) in [5, 5.41) is 7.71. The topological polar surface area (TPSA) is 46.0 Å². The molecule has 1 atom stereocenters. The van der Waals surface area contributed by atoms with Crippen molar-refractivity contribution in [3.63, 3.8) is 0 Å². The second-order valence-corrected chi connectivity index (χ2v) is 5.50. The van der Waals surface area contributed by atoms with Gasteiger partial charge in [-0.3, -0.25) is 4.68 Å². The zero-order valence-corrected chi connectivity index (χ0v) is 13.4. The van der Waals surface area contributed by atoms with E-state index in [-0.39, 0.29) is 0 Å². The molecular formula is C16H25N5. The molecule has 0 saturated carbocycles. The van der Waals surface area contributed by atoms with Gasteiger partial charge < -0.3 is 10.2 Å². The molecular weight excluding hydrogens is 262 g/mol. The number of hydrogen-bond donors (Lipinski definition) is 1. The number of aromatic nitrogens is 3. The maximum absolute atomic E-state index is 4.48. The Labute approximate surface area is 127 Å². The molecule has 0 amide bonds. The van der Waals surface area contributed by atoms with E-state index in [1.54, 1.807) is 0 Å². The molecule has 0 bridgehead atoms. The van der Waals surface area contributed by atoms with Gasteiger partial charge >= 0.3 is 0 Å². The Morgan fingerprint density at radius 2 is 2.24 bits per heavy atom. The van der Waals surface area contributed by atoms with Gasteiger partial charge in [0.1, 0.15) is 5.82 Å². The second kappa shape index (κ2) is 7.22. The number of hydrogen-bond acceptors (Lipinski definition) is 4. The minimum absolute atomic E-state index is 0.346. The first-order valence-corrected chi connectivity index (χ1v) is 7.48. The SMILES string of the molecule is CCCNC(C)c1ccnc(N(C)Cc2cnn(C)c2)c1. The van der Waals surface area contributed by atoms with Gasteiger partial charge in [-0.1, -0.05) is 6.92 Å². The number of pyridine rings is 1. The lowest BCUT2D eigenvalue weighted by atomic mass is 10.1. The molecule has 0 aliphatic heterocycles. The van der Waals surface area contributed by atoms with Crippen LogP contribution in [0.5, 0.6) is 0 Å². The standard InChI is InChI=1S/C16H25N5/c1-5-7-17-13(2)15-6-8-18-16(9-15)20(3)11-14-10-19-21(4)12-14/h6,8-10,12-13,17H,5,7,11H2,1-4H3. The highest BCUT2D eigenvalue weighted by Crippen LogP contribution is 2.18. The molecule has 0 saturated heterocycles. The predicted molar refractivity (Wildman–Crippen MR) is 86.3 cm³/mol. The maximum Gasteiger partial charge on any atom is 0.128 e. The smallest absolute Gasteiger partial charge is 0.128 e. The summed E-state index contributed by atoms with van der Waals surface area (Å²) in [5.41, 5.74) is 2.45. The molecule has 114 valence electrons. The van der Waals surface area contributed by atoms with E-state index in [0.717, 1.165) is 25.3 Å². The summed E-state index contributed by atoms with van der Waals surface area (Å²) in [6.07, 6.45) is 6.95. The Balaban J connectivity index is 2.05. The zero-order valence-electron chi connectivity index (χ0n) is 13.4. The fourth-order valence-electron chi connectivity index (χ4n) is 2.30. The zero-order chi connectivity index (χ0) is 15.2. The molecule has 21 heavy (non-hydrogen) atoms. The lowest BCUT2D eigenvalue weighted by Crippen LogP contribution is -2.21. The molecule has 5 nitrogen and oxygen atoms in total. The van der Waals surface area contributed by atoms with Crippen LogP contribution in [-0.4, -0.2) is 28.4 Å². The average Bonchev–Trinajstić information content (AvgIpc) is 2.90.